The standard InChI is InChI=1S/C26H34N4O3S/c1-3-4-17-30-24-12-11-22(34(32,33)29-15-5-6-16-29)18-23(24)28-25(30)13-14-26(31)27-19-21-9-7-20(2)8-10-21/h7-12,18H,3-6,13-17,19H2,1-2H3,(H,27,31). The lowest BCUT2D eigenvalue weighted by atomic mass is 10.1. The predicted molar refractivity (Wildman–Crippen MR) is 134 cm³/mol. The van der Waals surface area contributed by atoms with Gasteiger partial charge in [-0.2, -0.15) is 4.31 Å². The first kappa shape index (κ1) is 24.4. The Morgan fingerprint density at radius 2 is 1.82 bits per heavy atom. The topological polar surface area (TPSA) is 84.3 Å². The average molecular weight is 483 g/mol. The summed E-state index contributed by atoms with van der Waals surface area (Å²) in [6.45, 7) is 6.63. The van der Waals surface area contributed by atoms with Gasteiger partial charge >= 0.3 is 0 Å². The maximum Gasteiger partial charge on any atom is 0.243 e. The van der Waals surface area contributed by atoms with Crippen LogP contribution in [0.2, 0.25) is 0 Å². The molecule has 2 aromatic carbocycles. The van der Waals surface area contributed by atoms with Crippen LogP contribution in [0.3, 0.4) is 0 Å². The van der Waals surface area contributed by atoms with Gasteiger partial charge in [0, 0.05) is 39.0 Å². The van der Waals surface area contributed by atoms with Gasteiger partial charge in [0.2, 0.25) is 15.9 Å². The summed E-state index contributed by atoms with van der Waals surface area (Å²) < 4.78 is 29.7. The smallest absolute Gasteiger partial charge is 0.243 e. The van der Waals surface area contributed by atoms with Crippen molar-refractivity contribution in [2.24, 2.45) is 0 Å². The van der Waals surface area contributed by atoms with Crippen molar-refractivity contribution in [2.45, 2.75) is 70.4 Å². The molecule has 1 N–H and O–H groups in total. The van der Waals surface area contributed by atoms with Crippen molar-refractivity contribution in [1.82, 2.24) is 19.2 Å². The highest BCUT2D eigenvalue weighted by atomic mass is 32.2. The maximum absolute atomic E-state index is 13.0. The third-order valence-corrected chi connectivity index (χ3v) is 8.32. The van der Waals surface area contributed by atoms with E-state index in [4.69, 9.17) is 4.98 Å². The van der Waals surface area contributed by atoms with E-state index >= 15 is 0 Å². The van der Waals surface area contributed by atoms with Crippen LogP contribution in [0.5, 0.6) is 0 Å². The zero-order chi connectivity index (χ0) is 24.1. The molecule has 0 aliphatic carbocycles. The number of amides is 1. The molecular formula is C26H34N4O3S. The highest BCUT2D eigenvalue weighted by Crippen LogP contribution is 2.26. The second kappa shape index (κ2) is 10.7. The van der Waals surface area contributed by atoms with E-state index in [1.54, 1.807) is 16.4 Å². The van der Waals surface area contributed by atoms with Crippen molar-refractivity contribution in [1.29, 1.82) is 0 Å². The molecule has 1 saturated heterocycles. The summed E-state index contributed by atoms with van der Waals surface area (Å²) in [6.07, 6.45) is 4.68. The van der Waals surface area contributed by atoms with Crippen LogP contribution in [0.4, 0.5) is 0 Å². The lowest BCUT2D eigenvalue weighted by molar-refractivity contribution is -0.121. The number of carbonyl (C=O) groups is 1. The van der Waals surface area contributed by atoms with E-state index in [2.05, 4.69) is 16.8 Å². The number of carbonyl (C=O) groups excluding carboxylic acids is 1. The third-order valence-electron chi connectivity index (χ3n) is 6.42. The summed E-state index contributed by atoms with van der Waals surface area (Å²) in [5.74, 6) is 0.802. The van der Waals surface area contributed by atoms with Gasteiger partial charge < -0.3 is 9.88 Å². The first-order valence-electron chi connectivity index (χ1n) is 12.2. The first-order valence-corrected chi connectivity index (χ1v) is 13.6. The number of fused-ring (bicyclic) bond motifs is 1. The second-order valence-corrected chi connectivity index (χ2v) is 11.0. The van der Waals surface area contributed by atoms with Crippen LogP contribution in [-0.4, -0.2) is 41.3 Å². The quantitative estimate of drug-likeness (QED) is 0.470. The van der Waals surface area contributed by atoms with Gasteiger partial charge in [0.1, 0.15) is 5.82 Å². The van der Waals surface area contributed by atoms with E-state index in [0.717, 1.165) is 49.1 Å². The summed E-state index contributed by atoms with van der Waals surface area (Å²) in [7, 11) is -3.49. The minimum atomic E-state index is -3.49. The molecule has 7 nitrogen and oxygen atoms in total. The molecule has 34 heavy (non-hydrogen) atoms. The Hall–Kier alpha value is -2.71. The monoisotopic (exact) mass is 482 g/mol. The third kappa shape index (κ3) is 5.50. The number of sulfonamides is 1. The largest absolute Gasteiger partial charge is 0.352 e. The zero-order valence-electron chi connectivity index (χ0n) is 20.1. The van der Waals surface area contributed by atoms with E-state index in [-0.39, 0.29) is 5.91 Å². The first-order chi connectivity index (χ1) is 16.4. The van der Waals surface area contributed by atoms with E-state index in [9.17, 15) is 13.2 Å². The Balaban J connectivity index is 1.49. The Bertz CT molecular complexity index is 1240. The average Bonchev–Trinajstić information content (AvgIpc) is 3.49. The van der Waals surface area contributed by atoms with Gasteiger partial charge in [-0.25, -0.2) is 13.4 Å². The molecule has 8 heteroatoms. The van der Waals surface area contributed by atoms with Gasteiger partial charge in [-0.3, -0.25) is 4.79 Å². The fraction of sp³-hybridized carbons (Fsp3) is 0.462. The second-order valence-electron chi connectivity index (χ2n) is 9.06. The molecule has 1 aliphatic rings. The zero-order valence-corrected chi connectivity index (χ0v) is 20.9. The molecule has 0 radical (unpaired) electrons. The minimum Gasteiger partial charge on any atom is -0.352 e. The van der Waals surface area contributed by atoms with Crippen molar-refractivity contribution < 1.29 is 13.2 Å². The molecule has 1 aromatic heterocycles. The molecule has 1 amide bonds. The Labute approximate surface area is 202 Å². The van der Waals surface area contributed by atoms with E-state index in [1.165, 1.54) is 5.56 Å². The fourth-order valence-electron chi connectivity index (χ4n) is 4.37. The molecule has 4 rings (SSSR count). The van der Waals surface area contributed by atoms with Gasteiger partial charge in [0.05, 0.1) is 15.9 Å². The van der Waals surface area contributed by atoms with Gasteiger partial charge in [-0.05, 0) is 49.9 Å². The highest BCUT2D eigenvalue weighted by Gasteiger charge is 2.27. The number of nitrogens with zero attached hydrogens (tertiary/aromatic N) is 3. The van der Waals surface area contributed by atoms with E-state index in [0.29, 0.717) is 42.9 Å². The number of unbranched alkanes of at least 4 members (excludes halogenated alkanes) is 1. The number of benzene rings is 2. The van der Waals surface area contributed by atoms with Gasteiger partial charge in [-0.1, -0.05) is 43.2 Å². The number of aryl methyl sites for hydroxylation is 3. The summed E-state index contributed by atoms with van der Waals surface area (Å²) in [6, 6.07) is 13.4. The van der Waals surface area contributed by atoms with Crippen molar-refractivity contribution in [2.75, 3.05) is 13.1 Å². The molecule has 0 unspecified atom stereocenters. The molecule has 0 saturated carbocycles. The number of imidazole rings is 1. The van der Waals surface area contributed by atoms with Gasteiger partial charge in [0.15, 0.2) is 0 Å². The van der Waals surface area contributed by atoms with Crippen molar-refractivity contribution in [3.63, 3.8) is 0 Å². The van der Waals surface area contributed by atoms with Gasteiger partial charge in [0.25, 0.3) is 0 Å². The van der Waals surface area contributed by atoms with Crippen molar-refractivity contribution in [3.8, 4) is 0 Å². The number of aromatic nitrogens is 2. The minimum absolute atomic E-state index is 0.0213. The van der Waals surface area contributed by atoms with E-state index in [1.807, 2.05) is 37.3 Å². The summed E-state index contributed by atoms with van der Waals surface area (Å²) >= 11 is 0. The summed E-state index contributed by atoms with van der Waals surface area (Å²) in [4.78, 5) is 17.6. The molecule has 1 fully saturated rings. The highest BCUT2D eigenvalue weighted by molar-refractivity contribution is 7.89. The Morgan fingerprint density at radius 1 is 1.09 bits per heavy atom. The number of hydrogen-bond acceptors (Lipinski definition) is 4. The van der Waals surface area contributed by atoms with E-state index < -0.39 is 10.0 Å². The molecule has 3 aromatic rings. The maximum atomic E-state index is 13.0. The van der Waals surface area contributed by atoms with Crippen LogP contribution in [0.25, 0.3) is 11.0 Å². The lowest BCUT2D eigenvalue weighted by Gasteiger charge is -2.15. The molecule has 1 aliphatic heterocycles. The van der Waals surface area contributed by atoms with Crippen LogP contribution in [0, 0.1) is 6.92 Å². The molecular weight excluding hydrogens is 448 g/mol. The predicted octanol–water partition coefficient (Wildman–Crippen LogP) is 4.18. The SMILES string of the molecule is CCCCn1c(CCC(=O)NCc2ccc(C)cc2)nc2cc(S(=O)(=O)N3CCCC3)ccc21. The lowest BCUT2D eigenvalue weighted by Crippen LogP contribution is -2.27. The number of rotatable bonds is 10. The van der Waals surface area contributed by atoms with Gasteiger partial charge in [-0.15, -0.1) is 0 Å². The van der Waals surface area contributed by atoms with Crippen LogP contribution >= 0.6 is 0 Å². The van der Waals surface area contributed by atoms with Crippen LogP contribution in [-0.2, 0) is 34.3 Å². The Morgan fingerprint density at radius 3 is 2.53 bits per heavy atom. The van der Waals surface area contributed by atoms with Crippen LogP contribution < -0.4 is 5.32 Å². The summed E-state index contributed by atoms with van der Waals surface area (Å²) in [5.41, 5.74) is 3.86. The van der Waals surface area contributed by atoms with Crippen molar-refractivity contribution >= 4 is 27.0 Å². The summed E-state index contributed by atoms with van der Waals surface area (Å²) in [5, 5.41) is 2.98. The fourth-order valence-corrected chi connectivity index (χ4v) is 5.91. The molecule has 0 bridgehead atoms. The normalized spacial score (nSPS) is 14.6. The van der Waals surface area contributed by atoms with Crippen molar-refractivity contribution in [3.05, 3.63) is 59.4 Å². The molecule has 2 heterocycles. The molecule has 0 spiro atoms. The Kier molecular flexibility index (Phi) is 7.68. The number of hydrogen-bond donors (Lipinski definition) is 1. The van der Waals surface area contributed by atoms with Crippen LogP contribution in [0.15, 0.2) is 47.4 Å². The number of nitrogens with one attached hydrogen (secondary N) is 1. The molecule has 182 valence electrons. The van der Waals surface area contributed by atoms with Crippen LogP contribution in [0.1, 0.15) is 56.0 Å². The molecule has 0 atom stereocenters.